The Morgan fingerprint density at radius 2 is 1.00 bits per heavy atom. The third-order valence-electron chi connectivity index (χ3n) is 9.73. The number of ether oxygens (including phenoxy) is 2. The molecule has 4 N–H and O–H groups in total. The Morgan fingerprint density at radius 1 is 0.582 bits per heavy atom. The number of allylic oxidation sites excluding steroid dienone is 4. The highest BCUT2D eigenvalue weighted by Crippen LogP contribution is 2.43. The SMILES string of the molecule is CCCCC/C=C\C/C=C\CCCCCCCC(=O)O[C@H](COCCCCCCCCCCCCCCCCCCCC)COP(=O)(O)OC[C@H](N)C(=O)O. The summed E-state index contributed by atoms with van der Waals surface area (Å²) in [5.41, 5.74) is 5.36. The van der Waals surface area contributed by atoms with Gasteiger partial charge < -0.3 is 25.2 Å². The minimum atomic E-state index is -4.62. The van der Waals surface area contributed by atoms with Crippen molar-refractivity contribution < 1.29 is 42.7 Å². The van der Waals surface area contributed by atoms with Gasteiger partial charge in [-0.2, -0.15) is 0 Å². The molecule has 0 fully saturated rings. The second kappa shape index (κ2) is 40.6. The molecule has 0 rings (SSSR count). The van der Waals surface area contributed by atoms with E-state index in [9.17, 15) is 19.0 Å². The predicted molar refractivity (Wildman–Crippen MR) is 226 cm³/mol. The van der Waals surface area contributed by atoms with Crippen molar-refractivity contribution in [2.45, 2.75) is 219 Å². The van der Waals surface area contributed by atoms with Gasteiger partial charge in [-0.15, -0.1) is 0 Å². The zero-order valence-electron chi connectivity index (χ0n) is 35.3. The number of phosphoric ester groups is 1. The molecule has 0 spiro atoms. The van der Waals surface area contributed by atoms with Gasteiger partial charge in [0.05, 0.1) is 19.8 Å². The van der Waals surface area contributed by atoms with Crippen molar-refractivity contribution in [3.63, 3.8) is 0 Å². The fourth-order valence-electron chi connectivity index (χ4n) is 6.22. The first-order chi connectivity index (χ1) is 26.7. The van der Waals surface area contributed by atoms with Crippen molar-refractivity contribution in [3.05, 3.63) is 24.3 Å². The lowest BCUT2D eigenvalue weighted by Crippen LogP contribution is -2.34. The van der Waals surface area contributed by atoms with Gasteiger partial charge in [0, 0.05) is 13.0 Å². The molecule has 10 nitrogen and oxygen atoms in total. The van der Waals surface area contributed by atoms with E-state index in [1.165, 1.54) is 122 Å². The van der Waals surface area contributed by atoms with Gasteiger partial charge in [0.25, 0.3) is 0 Å². The summed E-state index contributed by atoms with van der Waals surface area (Å²) in [6, 6.07) is -1.47. The zero-order chi connectivity index (χ0) is 40.5. The van der Waals surface area contributed by atoms with Crippen LogP contribution in [-0.4, -0.2) is 60.5 Å². The minimum absolute atomic E-state index is 0.0154. The summed E-state index contributed by atoms with van der Waals surface area (Å²) in [6.45, 7) is 3.87. The van der Waals surface area contributed by atoms with E-state index in [0.717, 1.165) is 57.8 Å². The van der Waals surface area contributed by atoms with Crippen LogP contribution in [0.2, 0.25) is 0 Å². The summed E-state index contributed by atoms with van der Waals surface area (Å²) in [7, 11) is -4.62. The number of carboxylic acid groups (broad SMARTS) is 1. The highest BCUT2D eigenvalue weighted by atomic mass is 31.2. The van der Waals surface area contributed by atoms with Crippen molar-refractivity contribution in [1.29, 1.82) is 0 Å². The number of carbonyl (C=O) groups is 2. The molecule has 55 heavy (non-hydrogen) atoms. The molecule has 1 unspecified atom stereocenters. The fourth-order valence-corrected chi connectivity index (χ4v) is 7.00. The molecule has 0 aromatic carbocycles. The molecule has 11 heteroatoms. The number of hydrogen-bond acceptors (Lipinski definition) is 8. The molecule has 0 saturated carbocycles. The molecule has 324 valence electrons. The predicted octanol–water partition coefficient (Wildman–Crippen LogP) is 12.3. The Hall–Kier alpha value is -1.55. The van der Waals surface area contributed by atoms with Gasteiger partial charge in [-0.1, -0.05) is 179 Å². The third-order valence-corrected chi connectivity index (χ3v) is 10.7. The smallest absolute Gasteiger partial charge is 0.472 e. The number of phosphoric acid groups is 1. The van der Waals surface area contributed by atoms with Gasteiger partial charge in [-0.3, -0.25) is 18.6 Å². The van der Waals surface area contributed by atoms with Gasteiger partial charge in [-0.25, -0.2) is 4.57 Å². The largest absolute Gasteiger partial charge is 0.480 e. The van der Waals surface area contributed by atoms with E-state index in [-0.39, 0.29) is 13.0 Å². The van der Waals surface area contributed by atoms with Crippen LogP contribution < -0.4 is 5.73 Å². The standard InChI is InChI=1S/C44H84NO9P/c1-3-5-7-9-11-13-15-17-19-20-21-23-25-27-29-31-33-35-37-51-38-41(39-52-55(49,50)53-40-42(45)44(47)48)54-43(46)36-34-32-30-28-26-24-22-18-16-14-12-10-8-6-4-2/h12,14,18,22,41-42H,3-11,13,15-17,19-21,23-40,45H2,1-2H3,(H,47,48)(H,49,50)/b14-12-,22-18-/t41-,42+/m1/s1. The van der Waals surface area contributed by atoms with Crippen LogP contribution in [0.25, 0.3) is 0 Å². The number of rotatable bonds is 43. The Labute approximate surface area is 336 Å². The molecule has 0 aliphatic carbocycles. The summed E-state index contributed by atoms with van der Waals surface area (Å²) in [6.07, 6.45) is 43.7. The number of carbonyl (C=O) groups excluding carboxylic acids is 1. The van der Waals surface area contributed by atoms with Crippen LogP contribution in [0.5, 0.6) is 0 Å². The van der Waals surface area contributed by atoms with Crippen LogP contribution in [0.4, 0.5) is 0 Å². The Bertz CT molecular complexity index is 977. The molecule has 0 saturated heterocycles. The van der Waals surface area contributed by atoms with Crippen LogP contribution in [0.15, 0.2) is 24.3 Å². The maximum Gasteiger partial charge on any atom is 0.472 e. The first-order valence-corrected chi connectivity index (χ1v) is 23.9. The van der Waals surface area contributed by atoms with Crippen molar-refractivity contribution in [2.24, 2.45) is 5.73 Å². The third kappa shape index (κ3) is 40.4. The number of carboxylic acids is 1. The van der Waals surface area contributed by atoms with Crippen molar-refractivity contribution in [3.8, 4) is 0 Å². The quantitative estimate of drug-likeness (QED) is 0.0235. The second-order valence-electron chi connectivity index (χ2n) is 15.2. The fraction of sp³-hybridized carbons (Fsp3) is 0.864. The van der Waals surface area contributed by atoms with E-state index in [2.05, 4.69) is 38.2 Å². The lowest BCUT2D eigenvalue weighted by atomic mass is 10.0. The Kier molecular flexibility index (Phi) is 39.5. The Balaban J connectivity index is 4.21. The monoisotopic (exact) mass is 802 g/mol. The average Bonchev–Trinajstić information content (AvgIpc) is 3.16. The molecule has 0 aromatic heterocycles. The molecular formula is C44H84NO9P. The van der Waals surface area contributed by atoms with E-state index in [1.807, 2.05) is 0 Å². The molecule has 0 bridgehead atoms. The lowest BCUT2D eigenvalue weighted by Gasteiger charge is -2.20. The summed E-state index contributed by atoms with van der Waals surface area (Å²) in [5.74, 6) is -1.79. The lowest BCUT2D eigenvalue weighted by molar-refractivity contribution is -0.154. The molecular weight excluding hydrogens is 717 g/mol. The summed E-state index contributed by atoms with van der Waals surface area (Å²) in [4.78, 5) is 33.5. The normalized spacial score (nSPS) is 14.1. The van der Waals surface area contributed by atoms with Gasteiger partial charge in [0.15, 0.2) is 0 Å². The van der Waals surface area contributed by atoms with E-state index in [1.54, 1.807) is 0 Å². The first-order valence-electron chi connectivity index (χ1n) is 22.4. The van der Waals surface area contributed by atoms with E-state index >= 15 is 0 Å². The van der Waals surface area contributed by atoms with Gasteiger partial charge in [0.2, 0.25) is 0 Å². The number of aliphatic carboxylic acids is 1. The van der Waals surface area contributed by atoms with Gasteiger partial charge in [-0.05, 0) is 44.9 Å². The second-order valence-corrected chi connectivity index (χ2v) is 16.6. The molecule has 3 atom stereocenters. The average molecular weight is 802 g/mol. The topological polar surface area (TPSA) is 155 Å². The maximum atomic E-state index is 12.6. The minimum Gasteiger partial charge on any atom is -0.480 e. The van der Waals surface area contributed by atoms with E-state index in [4.69, 9.17) is 29.4 Å². The highest BCUT2D eigenvalue weighted by Gasteiger charge is 2.27. The number of nitrogens with two attached hydrogens (primary N) is 1. The zero-order valence-corrected chi connectivity index (χ0v) is 36.2. The van der Waals surface area contributed by atoms with Crippen molar-refractivity contribution >= 4 is 19.8 Å². The van der Waals surface area contributed by atoms with Crippen LogP contribution in [0.3, 0.4) is 0 Å². The Morgan fingerprint density at radius 3 is 1.51 bits per heavy atom. The van der Waals surface area contributed by atoms with Crippen LogP contribution in [0.1, 0.15) is 206 Å². The van der Waals surface area contributed by atoms with E-state index in [0.29, 0.717) is 13.0 Å². The molecule has 0 amide bonds. The molecule has 0 aliphatic heterocycles. The summed E-state index contributed by atoms with van der Waals surface area (Å²) < 4.78 is 33.4. The molecule has 0 aliphatic rings. The van der Waals surface area contributed by atoms with Crippen molar-refractivity contribution in [1.82, 2.24) is 0 Å². The first kappa shape index (κ1) is 53.5. The van der Waals surface area contributed by atoms with Crippen LogP contribution >= 0.6 is 7.82 Å². The molecule has 0 aromatic rings. The highest BCUT2D eigenvalue weighted by molar-refractivity contribution is 7.47. The van der Waals surface area contributed by atoms with Crippen molar-refractivity contribution in [2.75, 3.05) is 26.4 Å². The van der Waals surface area contributed by atoms with Gasteiger partial charge in [0.1, 0.15) is 12.1 Å². The number of esters is 1. The molecule has 0 heterocycles. The summed E-state index contributed by atoms with van der Waals surface area (Å²) in [5, 5.41) is 8.89. The number of hydrogen-bond donors (Lipinski definition) is 3. The van der Waals surface area contributed by atoms with E-state index < -0.39 is 45.1 Å². The summed E-state index contributed by atoms with van der Waals surface area (Å²) >= 11 is 0. The van der Waals surface area contributed by atoms with Crippen LogP contribution in [0, 0.1) is 0 Å². The van der Waals surface area contributed by atoms with Crippen LogP contribution in [-0.2, 0) is 32.7 Å². The maximum absolute atomic E-state index is 12.6. The number of unbranched alkanes of at least 4 members (excludes halogenated alkanes) is 25. The molecule has 0 radical (unpaired) electrons. The van der Waals surface area contributed by atoms with Gasteiger partial charge >= 0.3 is 19.8 Å².